The van der Waals surface area contributed by atoms with Crippen LogP contribution in [0.1, 0.15) is 41.5 Å². The van der Waals surface area contributed by atoms with Crippen molar-refractivity contribution in [2.45, 2.75) is 41.5 Å². The Morgan fingerprint density at radius 1 is 0.714 bits per heavy atom. The fourth-order valence-corrected chi connectivity index (χ4v) is 9.73. The van der Waals surface area contributed by atoms with Crippen LogP contribution in [0, 0.1) is 17.8 Å². The van der Waals surface area contributed by atoms with Crippen LogP contribution in [0.4, 0.5) is 0 Å². The molecule has 0 radical (unpaired) electrons. The van der Waals surface area contributed by atoms with Crippen molar-refractivity contribution in [2.75, 3.05) is 18.5 Å². The van der Waals surface area contributed by atoms with Crippen molar-refractivity contribution in [3.63, 3.8) is 0 Å². The molecule has 0 aromatic heterocycles. The summed E-state index contributed by atoms with van der Waals surface area (Å²) in [7, 11) is 0. The van der Waals surface area contributed by atoms with Crippen molar-refractivity contribution in [3.05, 3.63) is 0 Å². The van der Waals surface area contributed by atoms with Gasteiger partial charge < -0.3 is 0 Å². The number of hydrogen-bond acceptors (Lipinski definition) is 1. The first-order valence-corrected chi connectivity index (χ1v) is 9.33. The topological polar surface area (TPSA) is 0 Å². The lowest BCUT2D eigenvalue weighted by atomic mass is 10.3. The zero-order valence-electron chi connectivity index (χ0n) is 10.7. The minimum Gasteiger partial charge on any atom is -0.0593 e. The van der Waals surface area contributed by atoms with Crippen LogP contribution in [0.25, 0.3) is 0 Å². The molecule has 86 valence electrons. The van der Waals surface area contributed by atoms with Gasteiger partial charge in [0.25, 0.3) is 0 Å². The van der Waals surface area contributed by atoms with Crippen LogP contribution in [-0.4, -0.2) is 18.5 Å². The molecule has 0 bridgehead atoms. The third-order valence-electron chi connectivity index (χ3n) is 2.11. The van der Waals surface area contributed by atoms with Crippen molar-refractivity contribution >= 4 is 18.7 Å². The molecule has 0 atom stereocenters. The van der Waals surface area contributed by atoms with Crippen LogP contribution in [0.2, 0.25) is 0 Å². The molecule has 0 heterocycles. The SMILES string of the molecule is CC(C)C[P+](S)(CC(C)C)CC(C)C. The number of hydrogen-bond donors (Lipinski definition) is 1. The van der Waals surface area contributed by atoms with E-state index in [-0.39, 0.29) is 0 Å². The third kappa shape index (κ3) is 7.12. The van der Waals surface area contributed by atoms with Crippen LogP contribution in [0.5, 0.6) is 0 Å². The van der Waals surface area contributed by atoms with Gasteiger partial charge in [0.2, 0.25) is 0 Å². The molecule has 2 heteroatoms. The largest absolute Gasteiger partial charge is 0.0718 e. The van der Waals surface area contributed by atoms with Gasteiger partial charge in [-0.05, 0) is 17.8 Å². The summed E-state index contributed by atoms with van der Waals surface area (Å²) in [6, 6.07) is 0. The van der Waals surface area contributed by atoms with Crippen LogP contribution < -0.4 is 0 Å². The van der Waals surface area contributed by atoms with Gasteiger partial charge in [-0.2, -0.15) is 0 Å². The van der Waals surface area contributed by atoms with E-state index in [1.807, 2.05) is 0 Å². The average molecular weight is 235 g/mol. The molecular weight excluding hydrogens is 207 g/mol. The first kappa shape index (κ1) is 14.8. The Kier molecular flexibility index (Phi) is 6.74. The predicted octanol–water partition coefficient (Wildman–Crippen LogP) is 4.82. The van der Waals surface area contributed by atoms with Gasteiger partial charge in [0.1, 0.15) is 0 Å². The van der Waals surface area contributed by atoms with Crippen LogP contribution >= 0.6 is 18.7 Å². The molecule has 0 aromatic carbocycles. The fraction of sp³-hybridized carbons (Fsp3) is 1.00. The first-order valence-electron chi connectivity index (χ1n) is 5.84. The molecule has 14 heavy (non-hydrogen) atoms. The zero-order chi connectivity index (χ0) is 11.4. The molecule has 0 amide bonds. The van der Waals surface area contributed by atoms with E-state index in [1.54, 1.807) is 0 Å². The van der Waals surface area contributed by atoms with E-state index in [4.69, 9.17) is 12.2 Å². The summed E-state index contributed by atoms with van der Waals surface area (Å²) in [5.41, 5.74) is 0. The Morgan fingerprint density at radius 3 is 1.07 bits per heavy atom. The van der Waals surface area contributed by atoms with Crippen molar-refractivity contribution in [1.29, 1.82) is 0 Å². The standard InChI is InChI=1S/C12H28PS/c1-10(2)7-13(14,8-11(3)4)9-12(5)6/h10-12,14H,7-9H2,1-6H3/q+1. The maximum Gasteiger partial charge on any atom is 0.0718 e. The van der Waals surface area contributed by atoms with Crippen LogP contribution in [0.15, 0.2) is 0 Å². The van der Waals surface area contributed by atoms with E-state index in [0.717, 1.165) is 17.8 Å². The van der Waals surface area contributed by atoms with E-state index in [9.17, 15) is 0 Å². The smallest absolute Gasteiger partial charge is 0.0593 e. The maximum absolute atomic E-state index is 5.05. The summed E-state index contributed by atoms with van der Waals surface area (Å²) in [6.45, 7) is 13.0. The lowest BCUT2D eigenvalue weighted by molar-refractivity contribution is 0.693. The molecule has 0 aliphatic carbocycles. The summed E-state index contributed by atoms with van der Waals surface area (Å²) in [4.78, 5) is 0. The minimum absolute atomic E-state index is 0.804. The Balaban J connectivity index is 4.32. The summed E-state index contributed by atoms with van der Waals surface area (Å²) < 4.78 is 0. The van der Waals surface area contributed by atoms with Gasteiger partial charge in [0.15, 0.2) is 0 Å². The summed E-state index contributed by atoms with van der Waals surface area (Å²) in [5, 5.41) is 0. The van der Waals surface area contributed by atoms with Gasteiger partial charge in [-0.25, -0.2) is 0 Å². The van der Waals surface area contributed by atoms with E-state index in [1.165, 1.54) is 18.5 Å². The lowest BCUT2D eigenvalue weighted by Gasteiger charge is -2.26. The monoisotopic (exact) mass is 235 g/mol. The van der Waals surface area contributed by atoms with Gasteiger partial charge >= 0.3 is 0 Å². The molecule has 0 aliphatic heterocycles. The molecule has 0 rings (SSSR count). The summed E-state index contributed by atoms with van der Waals surface area (Å²) in [5.74, 6) is 2.41. The number of rotatable bonds is 6. The minimum atomic E-state index is -0.943. The normalized spacial score (nSPS) is 13.3. The first-order chi connectivity index (χ1) is 6.25. The van der Waals surface area contributed by atoms with Crippen LogP contribution in [-0.2, 0) is 0 Å². The summed E-state index contributed by atoms with van der Waals surface area (Å²) >= 11 is 5.05. The molecule has 0 unspecified atom stereocenters. The third-order valence-corrected chi connectivity index (χ3v) is 7.81. The Bertz CT molecular complexity index is 126. The highest BCUT2D eigenvalue weighted by molar-refractivity contribution is 8.53. The highest BCUT2D eigenvalue weighted by Crippen LogP contribution is 2.66. The van der Waals surface area contributed by atoms with E-state index in [2.05, 4.69) is 41.5 Å². The van der Waals surface area contributed by atoms with Crippen molar-refractivity contribution < 1.29 is 0 Å². The lowest BCUT2D eigenvalue weighted by Crippen LogP contribution is -2.13. The highest BCUT2D eigenvalue weighted by atomic mass is 32.7. The Morgan fingerprint density at radius 2 is 0.929 bits per heavy atom. The Hall–Kier alpha value is 0.780. The maximum atomic E-state index is 5.05. The molecule has 0 fully saturated rings. The van der Waals surface area contributed by atoms with Gasteiger partial charge in [0.05, 0.1) is 25.0 Å². The molecule has 0 saturated heterocycles. The molecule has 0 aliphatic rings. The second-order valence-corrected chi connectivity index (χ2v) is 11.7. The van der Waals surface area contributed by atoms with E-state index >= 15 is 0 Å². The molecule has 0 saturated carbocycles. The quantitative estimate of drug-likeness (QED) is 0.495. The highest BCUT2D eigenvalue weighted by Gasteiger charge is 2.35. The molecule has 0 aromatic rings. The molecule has 0 spiro atoms. The predicted molar refractivity (Wildman–Crippen MR) is 75.0 cm³/mol. The second kappa shape index (κ2) is 6.38. The van der Waals surface area contributed by atoms with Gasteiger partial charge in [-0.3, -0.25) is 0 Å². The van der Waals surface area contributed by atoms with Crippen molar-refractivity contribution in [3.8, 4) is 0 Å². The van der Waals surface area contributed by atoms with E-state index in [0.29, 0.717) is 0 Å². The summed E-state index contributed by atoms with van der Waals surface area (Å²) in [6.07, 6.45) is 4.06. The second-order valence-electron chi connectivity index (χ2n) is 5.82. The van der Waals surface area contributed by atoms with Crippen molar-refractivity contribution in [1.82, 2.24) is 0 Å². The fourth-order valence-electron chi connectivity index (χ4n) is 2.26. The molecular formula is C12H28PS+. The number of thiol groups is 1. The van der Waals surface area contributed by atoms with Gasteiger partial charge in [-0.1, -0.05) is 41.5 Å². The van der Waals surface area contributed by atoms with Crippen LogP contribution in [0.3, 0.4) is 0 Å². The van der Waals surface area contributed by atoms with Crippen molar-refractivity contribution in [2.24, 2.45) is 17.8 Å². The zero-order valence-corrected chi connectivity index (χ0v) is 12.5. The van der Waals surface area contributed by atoms with E-state index < -0.39 is 6.46 Å². The average Bonchev–Trinajstić information content (AvgIpc) is 1.76. The van der Waals surface area contributed by atoms with Gasteiger partial charge in [0, 0.05) is 12.2 Å². The molecule has 0 nitrogen and oxygen atoms in total. The van der Waals surface area contributed by atoms with Gasteiger partial charge in [-0.15, -0.1) is 0 Å². The Labute approximate surface area is 96.7 Å². The molecule has 0 N–H and O–H groups in total.